The van der Waals surface area contributed by atoms with E-state index in [1.54, 1.807) is 17.3 Å². The number of rotatable bonds is 3. The summed E-state index contributed by atoms with van der Waals surface area (Å²) in [7, 11) is 0. The topological polar surface area (TPSA) is 107 Å². The second kappa shape index (κ2) is 8.11. The number of pyridine rings is 1. The maximum absolute atomic E-state index is 12.3. The second-order valence-corrected chi connectivity index (χ2v) is 10.5. The summed E-state index contributed by atoms with van der Waals surface area (Å²) < 4.78 is 11.8. The van der Waals surface area contributed by atoms with E-state index in [0.29, 0.717) is 24.6 Å². The maximum atomic E-state index is 12.3. The van der Waals surface area contributed by atoms with E-state index in [4.69, 9.17) is 15.2 Å². The van der Waals surface area contributed by atoms with Crippen LogP contribution in [0.2, 0.25) is 0 Å². The first-order valence-corrected chi connectivity index (χ1v) is 12.4. The van der Waals surface area contributed by atoms with E-state index in [9.17, 15) is 4.79 Å². The van der Waals surface area contributed by atoms with E-state index in [1.165, 1.54) is 11.8 Å². The minimum absolute atomic E-state index is 0.0917. The van der Waals surface area contributed by atoms with E-state index in [2.05, 4.69) is 26.8 Å². The average Bonchev–Trinajstić information content (AvgIpc) is 3.36. The Morgan fingerprint density at radius 2 is 2.06 bits per heavy atom. The van der Waals surface area contributed by atoms with Gasteiger partial charge < -0.3 is 20.1 Å². The number of amides is 1. The summed E-state index contributed by atoms with van der Waals surface area (Å²) in [5.41, 5.74) is 6.53. The first-order chi connectivity index (χ1) is 16.0. The molecule has 10 heteroatoms. The quantitative estimate of drug-likeness (QED) is 0.726. The molecule has 33 heavy (non-hydrogen) atoms. The van der Waals surface area contributed by atoms with E-state index in [1.807, 2.05) is 12.3 Å². The fourth-order valence-corrected chi connectivity index (χ4v) is 6.28. The van der Waals surface area contributed by atoms with Gasteiger partial charge in [0.15, 0.2) is 11.6 Å². The predicted octanol–water partition coefficient (Wildman–Crippen LogP) is 2.24. The van der Waals surface area contributed by atoms with Gasteiger partial charge in [-0.25, -0.2) is 15.0 Å². The van der Waals surface area contributed by atoms with Crippen LogP contribution in [0.5, 0.6) is 5.75 Å². The number of aromatic nitrogens is 3. The van der Waals surface area contributed by atoms with Crippen LogP contribution in [0.4, 0.5) is 11.6 Å². The van der Waals surface area contributed by atoms with Crippen molar-refractivity contribution in [3.8, 4) is 5.75 Å². The summed E-state index contributed by atoms with van der Waals surface area (Å²) in [6.07, 6.45) is 8.88. The van der Waals surface area contributed by atoms with Gasteiger partial charge in [-0.1, -0.05) is 11.8 Å². The van der Waals surface area contributed by atoms with Crippen LogP contribution < -0.4 is 20.3 Å². The van der Waals surface area contributed by atoms with Crippen molar-refractivity contribution >= 4 is 29.3 Å². The normalized spacial score (nSPS) is 28.1. The van der Waals surface area contributed by atoms with Crippen LogP contribution in [0, 0.1) is 5.41 Å². The van der Waals surface area contributed by atoms with E-state index in [0.717, 1.165) is 54.7 Å². The molecule has 4 aliphatic heterocycles. The van der Waals surface area contributed by atoms with Gasteiger partial charge in [0.2, 0.25) is 5.91 Å². The first kappa shape index (κ1) is 21.1. The number of hydrogen-bond acceptors (Lipinski definition) is 9. The second-order valence-electron chi connectivity index (χ2n) is 9.44. The molecular weight excluding hydrogens is 440 g/mol. The van der Waals surface area contributed by atoms with E-state index < -0.39 is 0 Å². The van der Waals surface area contributed by atoms with E-state index in [-0.39, 0.29) is 29.5 Å². The van der Waals surface area contributed by atoms with Crippen LogP contribution >= 0.6 is 11.8 Å². The third-order valence-electron chi connectivity index (χ3n) is 7.58. The Morgan fingerprint density at radius 1 is 1.21 bits per heavy atom. The highest BCUT2D eigenvalue weighted by Crippen LogP contribution is 2.45. The molecule has 0 radical (unpaired) electrons. The Balaban J connectivity index is 1.15. The lowest BCUT2D eigenvalue weighted by molar-refractivity contribution is -0.117. The molecule has 4 aliphatic rings. The summed E-state index contributed by atoms with van der Waals surface area (Å²) in [6, 6.07) is 2.09. The molecule has 0 unspecified atom stereocenters. The molecule has 0 aromatic carbocycles. The smallest absolute Gasteiger partial charge is 0.228 e. The van der Waals surface area contributed by atoms with Crippen molar-refractivity contribution in [2.45, 2.75) is 60.7 Å². The first-order valence-electron chi connectivity index (χ1n) is 11.6. The van der Waals surface area contributed by atoms with Crippen molar-refractivity contribution in [1.29, 1.82) is 0 Å². The molecule has 1 amide bonds. The monoisotopic (exact) mass is 468 g/mol. The van der Waals surface area contributed by atoms with Crippen molar-refractivity contribution < 1.29 is 14.3 Å². The Bertz CT molecular complexity index is 1060. The lowest BCUT2D eigenvalue weighted by atomic mass is 9.73. The van der Waals surface area contributed by atoms with Crippen LogP contribution in [0.25, 0.3) is 0 Å². The summed E-state index contributed by atoms with van der Waals surface area (Å²) in [4.78, 5) is 31.1. The van der Waals surface area contributed by atoms with Gasteiger partial charge >= 0.3 is 0 Å². The van der Waals surface area contributed by atoms with Gasteiger partial charge in [-0.2, -0.15) is 0 Å². The Morgan fingerprint density at radius 3 is 2.79 bits per heavy atom. The highest BCUT2D eigenvalue weighted by molar-refractivity contribution is 7.99. The molecule has 3 saturated heterocycles. The third-order valence-corrected chi connectivity index (χ3v) is 8.54. The average molecular weight is 469 g/mol. The van der Waals surface area contributed by atoms with Crippen molar-refractivity contribution in [3.63, 3.8) is 0 Å². The van der Waals surface area contributed by atoms with Gasteiger partial charge in [0.1, 0.15) is 17.5 Å². The summed E-state index contributed by atoms with van der Waals surface area (Å²) in [5, 5.41) is 0.777. The highest BCUT2D eigenvalue weighted by Gasteiger charge is 2.47. The summed E-state index contributed by atoms with van der Waals surface area (Å²) in [6.45, 7) is 5.14. The molecule has 0 saturated carbocycles. The van der Waals surface area contributed by atoms with Gasteiger partial charge in [-0.3, -0.25) is 9.69 Å². The van der Waals surface area contributed by atoms with Crippen molar-refractivity contribution in [2.24, 2.45) is 11.1 Å². The largest absolute Gasteiger partial charge is 0.486 e. The minimum Gasteiger partial charge on any atom is -0.486 e. The molecule has 6 heterocycles. The Labute approximate surface area is 197 Å². The number of hydrogen-bond donors (Lipinski definition) is 1. The van der Waals surface area contributed by atoms with Gasteiger partial charge in [0, 0.05) is 37.2 Å². The molecule has 0 bridgehead atoms. The fourth-order valence-electron chi connectivity index (χ4n) is 5.47. The molecule has 2 aromatic heterocycles. The van der Waals surface area contributed by atoms with Crippen LogP contribution in [0.15, 0.2) is 34.6 Å². The molecule has 3 atom stereocenters. The zero-order valence-electron chi connectivity index (χ0n) is 18.6. The minimum atomic E-state index is 0.0917. The molecule has 3 fully saturated rings. The van der Waals surface area contributed by atoms with E-state index >= 15 is 0 Å². The zero-order valence-corrected chi connectivity index (χ0v) is 19.5. The van der Waals surface area contributed by atoms with Crippen LogP contribution in [-0.2, 0) is 9.53 Å². The molecule has 174 valence electrons. The number of nitrogens with zero attached hydrogens (tertiary/aromatic N) is 5. The SMILES string of the molecule is C[C@@H]1OCC2(CCN(c3cnc(Sc4ccnc5c4OC[C@@H]4CCC(=O)N54)cn3)CC2)[C@@H]1N. The summed E-state index contributed by atoms with van der Waals surface area (Å²) in [5.74, 6) is 2.28. The molecule has 2 N–H and O–H groups in total. The number of carbonyl (C=O) groups is 1. The van der Waals surface area contributed by atoms with Gasteiger partial charge in [-0.05, 0) is 32.3 Å². The number of nitrogens with two attached hydrogens (primary N) is 1. The fraction of sp³-hybridized carbons (Fsp3) is 0.565. The number of anilines is 2. The Kier molecular flexibility index (Phi) is 5.19. The number of piperidine rings is 1. The number of fused-ring (bicyclic) bond motifs is 3. The van der Waals surface area contributed by atoms with Gasteiger partial charge in [0.05, 0.1) is 36.0 Å². The lowest BCUT2D eigenvalue weighted by Gasteiger charge is -2.41. The van der Waals surface area contributed by atoms with Crippen LogP contribution in [-0.4, -0.2) is 65.4 Å². The predicted molar refractivity (Wildman–Crippen MR) is 124 cm³/mol. The molecular formula is C23H28N6O3S. The van der Waals surface area contributed by atoms with Crippen LogP contribution in [0.3, 0.4) is 0 Å². The molecule has 1 spiro atoms. The zero-order chi connectivity index (χ0) is 22.6. The highest BCUT2D eigenvalue weighted by atomic mass is 32.2. The van der Waals surface area contributed by atoms with Crippen LogP contribution in [0.1, 0.15) is 32.6 Å². The van der Waals surface area contributed by atoms with Crippen molar-refractivity contribution in [3.05, 3.63) is 24.7 Å². The van der Waals surface area contributed by atoms with Crippen molar-refractivity contribution in [2.75, 3.05) is 36.1 Å². The standard InChI is InChI=1S/C23H28N6O3S/c1-14-21(24)23(13-32-14)5-8-28(9-6-23)17-10-27-18(11-26-17)33-16-4-7-25-22-20(16)31-12-15-2-3-19(30)29(15)22/h4,7,10-11,14-15,21H,2-3,5-6,8-9,12-13,24H2,1H3/t14-,15-,21+/m0/s1. The molecule has 2 aromatic rings. The molecule has 0 aliphatic carbocycles. The van der Waals surface area contributed by atoms with Crippen molar-refractivity contribution in [1.82, 2.24) is 15.0 Å². The van der Waals surface area contributed by atoms with Gasteiger partial charge in [-0.15, -0.1) is 0 Å². The summed E-state index contributed by atoms with van der Waals surface area (Å²) >= 11 is 1.48. The third kappa shape index (κ3) is 3.55. The maximum Gasteiger partial charge on any atom is 0.228 e. The lowest BCUT2D eigenvalue weighted by Crippen LogP contribution is -2.50. The molecule has 6 rings (SSSR count). The number of carbonyl (C=O) groups excluding carboxylic acids is 1. The number of ether oxygens (including phenoxy) is 2. The Hall–Kier alpha value is -2.43. The van der Waals surface area contributed by atoms with Gasteiger partial charge in [0.25, 0.3) is 0 Å². The molecule has 9 nitrogen and oxygen atoms in total.